The van der Waals surface area contributed by atoms with Gasteiger partial charge in [0.05, 0.1) is 5.57 Å². The van der Waals surface area contributed by atoms with E-state index in [9.17, 15) is 0 Å². The van der Waals surface area contributed by atoms with Crippen molar-refractivity contribution in [1.29, 1.82) is 10.7 Å². The van der Waals surface area contributed by atoms with Gasteiger partial charge in [-0.2, -0.15) is 5.26 Å². The van der Waals surface area contributed by atoms with Gasteiger partial charge in [-0.1, -0.05) is 87.2 Å². The van der Waals surface area contributed by atoms with Gasteiger partial charge >= 0.3 is 0 Å². The van der Waals surface area contributed by atoms with Gasteiger partial charge in [-0.25, -0.2) is 0 Å². The number of fused-ring (bicyclic) bond motifs is 3. The van der Waals surface area contributed by atoms with Crippen molar-refractivity contribution in [3.05, 3.63) is 115 Å². The Morgan fingerprint density at radius 1 is 0.771 bits per heavy atom. The third kappa shape index (κ3) is 4.83. The summed E-state index contributed by atoms with van der Waals surface area (Å²) in [4.78, 5) is 0. The Labute approximate surface area is 205 Å². The first kappa shape index (κ1) is 23.5. The Hall–Kier alpha value is -4.68. The molecule has 0 spiro atoms. The van der Waals surface area contributed by atoms with E-state index in [1.165, 1.54) is 5.56 Å². The molecule has 170 valence electrons. The highest BCUT2D eigenvalue weighted by Crippen LogP contribution is 2.35. The lowest BCUT2D eigenvalue weighted by Crippen LogP contribution is -1.85. The van der Waals surface area contributed by atoms with Crippen LogP contribution in [0.4, 0.5) is 0 Å². The lowest BCUT2D eigenvalue weighted by atomic mass is 9.98. The van der Waals surface area contributed by atoms with Crippen molar-refractivity contribution in [3.8, 4) is 28.3 Å². The summed E-state index contributed by atoms with van der Waals surface area (Å²) < 4.78 is 6.08. The van der Waals surface area contributed by atoms with Crippen LogP contribution in [-0.4, -0.2) is 6.21 Å². The molecular formula is C32H26N2O. The molecule has 3 heteroatoms. The Morgan fingerprint density at radius 3 is 1.80 bits per heavy atom. The molecule has 1 N–H and O–H groups in total. The molecule has 0 saturated carbocycles. The summed E-state index contributed by atoms with van der Waals surface area (Å²) in [5, 5.41) is 18.5. The summed E-state index contributed by atoms with van der Waals surface area (Å²) in [5.41, 5.74) is 8.15. The molecular weight excluding hydrogens is 428 g/mol. The highest BCUT2D eigenvalue weighted by atomic mass is 16.3. The van der Waals surface area contributed by atoms with Gasteiger partial charge < -0.3 is 9.83 Å². The summed E-state index contributed by atoms with van der Waals surface area (Å²) in [7, 11) is 0. The lowest BCUT2D eigenvalue weighted by Gasteiger charge is -2.06. The van der Waals surface area contributed by atoms with E-state index in [4.69, 9.17) is 15.1 Å². The standard InChI is InChI=1S/C30H20N2O.C2H6/c1-20(15-21(18-31)19-32)22-7-9-24(10-8-22)26-12-14-30-28(17-26)27-16-25(11-13-29(27)33-30)23-5-3-2-4-6-23;1-2/h2-18,31H,1H2;1-2H3/b21-15+,31-18?;. The van der Waals surface area contributed by atoms with Crippen molar-refractivity contribution >= 4 is 33.7 Å². The van der Waals surface area contributed by atoms with Crippen molar-refractivity contribution in [2.24, 2.45) is 0 Å². The van der Waals surface area contributed by atoms with E-state index in [0.717, 1.165) is 50.4 Å². The Morgan fingerprint density at radius 2 is 1.29 bits per heavy atom. The van der Waals surface area contributed by atoms with Crippen LogP contribution in [0.5, 0.6) is 0 Å². The smallest absolute Gasteiger partial charge is 0.135 e. The fraction of sp³-hybridized carbons (Fsp3) is 0.0625. The molecule has 3 nitrogen and oxygen atoms in total. The number of rotatable bonds is 5. The van der Waals surface area contributed by atoms with Gasteiger partial charge in [0, 0.05) is 17.0 Å². The summed E-state index contributed by atoms with van der Waals surface area (Å²) >= 11 is 0. The third-order valence-electron chi connectivity index (χ3n) is 5.78. The van der Waals surface area contributed by atoms with Crippen molar-refractivity contribution in [2.75, 3.05) is 0 Å². The van der Waals surface area contributed by atoms with Crippen LogP contribution in [0.2, 0.25) is 0 Å². The molecule has 0 bridgehead atoms. The van der Waals surface area contributed by atoms with E-state index < -0.39 is 0 Å². The van der Waals surface area contributed by atoms with Crippen LogP contribution < -0.4 is 0 Å². The molecule has 1 aromatic heterocycles. The quantitative estimate of drug-likeness (QED) is 0.163. The Kier molecular flexibility index (Phi) is 7.04. The second-order valence-electron chi connectivity index (χ2n) is 7.85. The average molecular weight is 455 g/mol. The van der Waals surface area contributed by atoms with Crippen molar-refractivity contribution in [2.45, 2.75) is 13.8 Å². The monoisotopic (exact) mass is 454 g/mol. The number of allylic oxidation sites excluding steroid dienone is 3. The highest BCUT2D eigenvalue weighted by Gasteiger charge is 2.10. The van der Waals surface area contributed by atoms with Gasteiger partial charge in [0.25, 0.3) is 0 Å². The fourth-order valence-corrected chi connectivity index (χ4v) is 4.02. The molecule has 0 fully saturated rings. The number of nitriles is 1. The number of nitrogens with one attached hydrogen (secondary N) is 1. The molecule has 0 aliphatic rings. The molecule has 0 unspecified atom stereocenters. The second-order valence-corrected chi connectivity index (χ2v) is 7.85. The maximum Gasteiger partial charge on any atom is 0.135 e. The van der Waals surface area contributed by atoms with E-state index in [-0.39, 0.29) is 5.57 Å². The van der Waals surface area contributed by atoms with Crippen LogP contribution >= 0.6 is 0 Å². The number of benzene rings is 4. The SMILES string of the molecule is C=C(/C=C(/C#N)C=N)c1ccc(-c2ccc3oc4ccc(-c5ccccc5)cc4c3c2)cc1.CC. The molecule has 5 aromatic rings. The Bertz CT molecular complexity index is 1580. The van der Waals surface area contributed by atoms with E-state index in [2.05, 4.69) is 43.0 Å². The second kappa shape index (κ2) is 10.5. The minimum absolute atomic E-state index is 0.274. The van der Waals surface area contributed by atoms with Gasteiger partial charge in [-0.15, -0.1) is 0 Å². The maximum atomic E-state index is 9.02. The first-order chi connectivity index (χ1) is 17.2. The summed E-state index contributed by atoms with van der Waals surface area (Å²) in [6.07, 6.45) is 2.66. The van der Waals surface area contributed by atoms with Gasteiger partial charge in [-0.05, 0) is 63.7 Å². The summed E-state index contributed by atoms with van der Waals surface area (Å²) in [6.45, 7) is 8.02. The lowest BCUT2D eigenvalue weighted by molar-refractivity contribution is 0.669. The predicted molar refractivity (Wildman–Crippen MR) is 147 cm³/mol. The minimum atomic E-state index is 0.274. The molecule has 0 amide bonds. The van der Waals surface area contributed by atoms with Crippen molar-refractivity contribution in [1.82, 2.24) is 0 Å². The maximum absolute atomic E-state index is 9.02. The van der Waals surface area contributed by atoms with E-state index in [0.29, 0.717) is 5.57 Å². The van der Waals surface area contributed by atoms with Crippen LogP contribution in [0.3, 0.4) is 0 Å². The van der Waals surface area contributed by atoms with Gasteiger partial charge in [-0.3, -0.25) is 0 Å². The van der Waals surface area contributed by atoms with Crippen LogP contribution in [-0.2, 0) is 0 Å². The number of furan rings is 1. The molecule has 0 saturated heterocycles. The van der Waals surface area contributed by atoms with Gasteiger partial charge in [0.15, 0.2) is 0 Å². The molecule has 0 aliphatic heterocycles. The Balaban J connectivity index is 0.00000141. The average Bonchev–Trinajstić information content (AvgIpc) is 3.30. The van der Waals surface area contributed by atoms with E-state index >= 15 is 0 Å². The topological polar surface area (TPSA) is 60.8 Å². The summed E-state index contributed by atoms with van der Waals surface area (Å²) in [5.74, 6) is 0. The molecule has 0 atom stereocenters. The van der Waals surface area contributed by atoms with Crippen LogP contribution in [0.1, 0.15) is 19.4 Å². The number of hydrogen-bond acceptors (Lipinski definition) is 3. The van der Waals surface area contributed by atoms with E-state index in [1.54, 1.807) is 6.08 Å². The molecule has 1 heterocycles. The first-order valence-corrected chi connectivity index (χ1v) is 11.6. The minimum Gasteiger partial charge on any atom is -0.456 e. The molecule has 0 aliphatic carbocycles. The predicted octanol–water partition coefficient (Wildman–Crippen LogP) is 9.06. The van der Waals surface area contributed by atoms with Crippen LogP contribution in [0.15, 0.2) is 114 Å². The van der Waals surface area contributed by atoms with Crippen molar-refractivity contribution in [3.63, 3.8) is 0 Å². The zero-order valence-electron chi connectivity index (χ0n) is 19.9. The normalized spacial score (nSPS) is 10.9. The zero-order chi connectivity index (χ0) is 24.8. The third-order valence-corrected chi connectivity index (χ3v) is 5.78. The van der Waals surface area contributed by atoms with Crippen LogP contribution in [0.25, 0.3) is 49.8 Å². The van der Waals surface area contributed by atoms with Gasteiger partial charge in [0.2, 0.25) is 0 Å². The summed E-state index contributed by atoms with van der Waals surface area (Å²) in [6, 6.07) is 33.0. The van der Waals surface area contributed by atoms with E-state index in [1.807, 2.05) is 74.5 Å². The molecule has 4 aromatic carbocycles. The van der Waals surface area contributed by atoms with Gasteiger partial charge in [0.1, 0.15) is 17.2 Å². The first-order valence-electron chi connectivity index (χ1n) is 11.6. The molecule has 5 rings (SSSR count). The fourth-order valence-electron chi connectivity index (χ4n) is 4.02. The molecule has 0 radical (unpaired) electrons. The molecule has 35 heavy (non-hydrogen) atoms. The number of hydrogen-bond donors (Lipinski definition) is 1. The zero-order valence-corrected chi connectivity index (χ0v) is 19.9. The largest absolute Gasteiger partial charge is 0.456 e. The van der Waals surface area contributed by atoms with Crippen molar-refractivity contribution < 1.29 is 4.42 Å². The number of nitrogens with zero attached hydrogens (tertiary/aromatic N) is 1. The highest BCUT2D eigenvalue weighted by molar-refractivity contribution is 6.07. The van der Waals surface area contributed by atoms with Crippen LogP contribution in [0, 0.1) is 16.7 Å².